The molecule has 8 heteroatoms. The molecule has 1 amide bonds. The minimum absolute atomic E-state index is 0.0520. The minimum Gasteiger partial charge on any atom is -0.455 e. The van der Waals surface area contributed by atoms with Crippen LogP contribution in [-0.2, 0) is 28.6 Å². The van der Waals surface area contributed by atoms with E-state index < -0.39 is 15.7 Å². The minimum atomic E-state index is -3.56. The first kappa shape index (κ1) is 21.2. The molecule has 5 rings (SSSR count). The Hall–Kier alpha value is -3.65. The summed E-state index contributed by atoms with van der Waals surface area (Å²) in [5, 5.41) is 2.82. The van der Waals surface area contributed by atoms with Gasteiger partial charge in [0.25, 0.3) is 5.91 Å². The predicted molar refractivity (Wildman–Crippen MR) is 125 cm³/mol. The number of aryl methyl sites for hydroxylation is 2. The third-order valence-electron chi connectivity index (χ3n) is 5.64. The Balaban J connectivity index is 1.29. The average Bonchev–Trinajstić information content (AvgIpc) is 3.47. The average molecular weight is 462 g/mol. The number of anilines is 1. The second-order valence-corrected chi connectivity index (χ2v) is 10.1. The number of carbonyl (C=O) groups excluding carboxylic acids is 1. The molecule has 0 saturated carbocycles. The third-order valence-corrected chi connectivity index (χ3v) is 7.30. The van der Waals surface area contributed by atoms with Crippen LogP contribution in [0.15, 0.2) is 82.2 Å². The quantitative estimate of drug-likeness (QED) is 0.449. The van der Waals surface area contributed by atoms with E-state index in [-0.39, 0.29) is 22.2 Å². The summed E-state index contributed by atoms with van der Waals surface area (Å²) in [6.07, 6.45) is 5.36. The zero-order valence-corrected chi connectivity index (χ0v) is 18.7. The molecule has 0 unspecified atom stereocenters. The number of imidazole rings is 1. The molecule has 2 aromatic heterocycles. The third kappa shape index (κ3) is 4.61. The van der Waals surface area contributed by atoms with Crippen LogP contribution in [0.25, 0.3) is 11.3 Å². The lowest BCUT2D eigenvalue weighted by Gasteiger charge is -2.11. The smallest absolute Gasteiger partial charge is 0.291 e. The van der Waals surface area contributed by atoms with Gasteiger partial charge in [-0.3, -0.25) is 4.79 Å². The Labute approximate surface area is 192 Å². The highest BCUT2D eigenvalue weighted by atomic mass is 32.2. The number of furan rings is 1. The maximum Gasteiger partial charge on any atom is 0.291 e. The lowest BCUT2D eigenvalue weighted by molar-refractivity contribution is 0.0995. The molecule has 33 heavy (non-hydrogen) atoms. The van der Waals surface area contributed by atoms with Crippen LogP contribution in [0.4, 0.5) is 5.69 Å². The van der Waals surface area contributed by atoms with Gasteiger partial charge in [0.1, 0.15) is 17.3 Å². The fraction of sp³-hybridized carbons (Fsp3) is 0.200. The first-order chi connectivity index (χ1) is 16.0. The fourth-order valence-electron chi connectivity index (χ4n) is 3.98. The summed E-state index contributed by atoms with van der Waals surface area (Å²) in [5.41, 5.74) is 2.41. The van der Waals surface area contributed by atoms with Crippen LogP contribution in [0.3, 0.4) is 0 Å². The number of hydrogen-bond donors (Lipinski definition) is 1. The van der Waals surface area contributed by atoms with E-state index in [1.54, 1.807) is 24.3 Å². The van der Waals surface area contributed by atoms with Crippen molar-refractivity contribution in [1.29, 1.82) is 0 Å². The van der Waals surface area contributed by atoms with Crippen LogP contribution in [0.2, 0.25) is 0 Å². The van der Waals surface area contributed by atoms with Crippen molar-refractivity contribution in [2.24, 2.45) is 0 Å². The van der Waals surface area contributed by atoms with Crippen LogP contribution in [-0.4, -0.2) is 23.9 Å². The molecule has 0 atom stereocenters. The van der Waals surface area contributed by atoms with Gasteiger partial charge in [-0.05, 0) is 49.2 Å². The number of amides is 1. The first-order valence-corrected chi connectivity index (χ1v) is 12.5. The van der Waals surface area contributed by atoms with E-state index >= 15 is 0 Å². The molecule has 4 aromatic rings. The molecule has 1 N–H and O–H groups in total. The van der Waals surface area contributed by atoms with Crippen LogP contribution < -0.4 is 5.32 Å². The van der Waals surface area contributed by atoms with E-state index in [4.69, 9.17) is 9.40 Å². The standard InChI is InChI=1S/C25H23N3O4S/c29-25(23-13-12-20(32-23)17-33(30,31)21-9-2-1-3-10-21)26-19-8-6-7-18(15-19)22-16-28-14-5-4-11-24(28)27-22/h1-3,6-10,12-13,15-16H,4-5,11,14,17H2,(H,26,29). The largest absolute Gasteiger partial charge is 0.455 e. The summed E-state index contributed by atoms with van der Waals surface area (Å²) in [5.74, 6) is 0.599. The van der Waals surface area contributed by atoms with Crippen LogP contribution in [0.1, 0.15) is 35.0 Å². The number of rotatable bonds is 6. The fourth-order valence-corrected chi connectivity index (χ4v) is 5.24. The van der Waals surface area contributed by atoms with E-state index in [0.29, 0.717) is 5.69 Å². The van der Waals surface area contributed by atoms with Crippen molar-refractivity contribution >= 4 is 21.4 Å². The molecule has 0 saturated heterocycles. The van der Waals surface area contributed by atoms with E-state index in [2.05, 4.69) is 16.1 Å². The number of fused-ring (bicyclic) bond motifs is 1. The molecule has 1 aliphatic heterocycles. The number of carbonyl (C=O) groups is 1. The highest BCUT2D eigenvalue weighted by molar-refractivity contribution is 7.90. The summed E-state index contributed by atoms with van der Waals surface area (Å²) >= 11 is 0. The van der Waals surface area contributed by atoms with Gasteiger partial charge < -0.3 is 14.3 Å². The van der Waals surface area contributed by atoms with Crippen molar-refractivity contribution < 1.29 is 17.6 Å². The lowest BCUT2D eigenvalue weighted by Crippen LogP contribution is -2.11. The summed E-state index contributed by atoms with van der Waals surface area (Å²) in [4.78, 5) is 17.6. The molecule has 2 aromatic carbocycles. The van der Waals surface area contributed by atoms with Crippen molar-refractivity contribution in [2.45, 2.75) is 36.5 Å². The van der Waals surface area contributed by atoms with Gasteiger partial charge in [-0.15, -0.1) is 0 Å². The predicted octanol–water partition coefficient (Wildman–Crippen LogP) is 4.71. The molecule has 0 aliphatic carbocycles. The van der Waals surface area contributed by atoms with Gasteiger partial charge in [0.15, 0.2) is 15.6 Å². The molecule has 0 spiro atoms. The number of sulfone groups is 1. The topological polar surface area (TPSA) is 94.2 Å². The number of aromatic nitrogens is 2. The van der Waals surface area contributed by atoms with E-state index in [0.717, 1.165) is 42.9 Å². The summed E-state index contributed by atoms with van der Waals surface area (Å²) < 4.78 is 32.8. The number of nitrogens with one attached hydrogen (secondary N) is 1. The van der Waals surface area contributed by atoms with E-state index in [1.165, 1.54) is 24.3 Å². The number of benzene rings is 2. The van der Waals surface area contributed by atoms with Crippen molar-refractivity contribution in [2.75, 3.05) is 5.32 Å². The second kappa shape index (κ2) is 8.71. The van der Waals surface area contributed by atoms with Gasteiger partial charge in [0.2, 0.25) is 0 Å². The molecule has 168 valence electrons. The van der Waals surface area contributed by atoms with Gasteiger partial charge in [-0.1, -0.05) is 30.3 Å². The molecular weight excluding hydrogens is 438 g/mol. The molecule has 7 nitrogen and oxygen atoms in total. The van der Waals surface area contributed by atoms with Crippen molar-refractivity contribution in [3.05, 3.63) is 90.3 Å². The molecule has 3 heterocycles. The molecule has 1 aliphatic rings. The Morgan fingerprint density at radius 3 is 2.70 bits per heavy atom. The molecule has 0 fully saturated rings. The van der Waals surface area contributed by atoms with Crippen molar-refractivity contribution in [3.8, 4) is 11.3 Å². The Morgan fingerprint density at radius 1 is 1.03 bits per heavy atom. The zero-order valence-electron chi connectivity index (χ0n) is 17.9. The van der Waals surface area contributed by atoms with Gasteiger partial charge >= 0.3 is 0 Å². The summed E-state index contributed by atoms with van der Waals surface area (Å²) in [6, 6.07) is 18.7. The Bertz CT molecular complexity index is 1380. The van der Waals surface area contributed by atoms with Gasteiger partial charge in [0.05, 0.1) is 10.6 Å². The Morgan fingerprint density at radius 2 is 1.88 bits per heavy atom. The monoisotopic (exact) mass is 461 g/mol. The zero-order chi connectivity index (χ0) is 22.8. The van der Waals surface area contributed by atoms with Crippen molar-refractivity contribution in [3.63, 3.8) is 0 Å². The molecule has 0 bridgehead atoms. The van der Waals surface area contributed by atoms with Gasteiger partial charge in [0, 0.05) is 30.4 Å². The first-order valence-electron chi connectivity index (χ1n) is 10.8. The maximum absolute atomic E-state index is 12.7. The SMILES string of the molecule is O=C(Nc1cccc(-c2cn3c(n2)CCCC3)c1)c1ccc(CS(=O)(=O)c2ccccc2)o1. The Kier molecular flexibility index (Phi) is 5.60. The van der Waals surface area contributed by atoms with E-state index in [9.17, 15) is 13.2 Å². The second-order valence-electron chi connectivity index (χ2n) is 8.07. The summed E-state index contributed by atoms with van der Waals surface area (Å²) in [7, 11) is -3.56. The summed E-state index contributed by atoms with van der Waals surface area (Å²) in [6.45, 7) is 0.986. The lowest BCUT2D eigenvalue weighted by atomic mass is 10.1. The molecular formula is C25H23N3O4S. The van der Waals surface area contributed by atoms with Crippen LogP contribution >= 0.6 is 0 Å². The highest BCUT2D eigenvalue weighted by Crippen LogP contribution is 2.25. The highest BCUT2D eigenvalue weighted by Gasteiger charge is 2.19. The van der Waals surface area contributed by atoms with Crippen molar-refractivity contribution in [1.82, 2.24) is 9.55 Å². The molecule has 0 radical (unpaired) electrons. The number of nitrogens with zero attached hydrogens (tertiary/aromatic N) is 2. The number of hydrogen-bond acceptors (Lipinski definition) is 5. The van der Waals surface area contributed by atoms with Gasteiger partial charge in [-0.2, -0.15) is 0 Å². The van der Waals surface area contributed by atoms with Crippen LogP contribution in [0.5, 0.6) is 0 Å². The van der Waals surface area contributed by atoms with E-state index in [1.807, 2.05) is 18.2 Å². The van der Waals surface area contributed by atoms with Crippen LogP contribution in [0, 0.1) is 0 Å². The normalized spacial score (nSPS) is 13.5. The van der Waals surface area contributed by atoms with Gasteiger partial charge in [-0.25, -0.2) is 13.4 Å². The maximum atomic E-state index is 12.7.